The van der Waals surface area contributed by atoms with Gasteiger partial charge in [0.05, 0.1) is 0 Å². The van der Waals surface area contributed by atoms with E-state index in [0.29, 0.717) is 18.5 Å². The molecule has 0 radical (unpaired) electrons. The minimum atomic E-state index is -0.352. The van der Waals surface area contributed by atoms with Crippen molar-refractivity contribution in [2.45, 2.75) is 52.1 Å². The van der Waals surface area contributed by atoms with Crippen molar-refractivity contribution in [1.29, 1.82) is 0 Å². The molecular formula is C46H58N10O4. The zero-order valence-electron chi connectivity index (χ0n) is 35.7. The van der Waals surface area contributed by atoms with Crippen LogP contribution in [0.3, 0.4) is 0 Å². The number of carbonyl (C=O) groups excluding carboxylic acids is 3. The van der Waals surface area contributed by atoms with Crippen LogP contribution in [0.25, 0.3) is 44.7 Å². The number of hydroxylamine groups is 1. The highest BCUT2D eigenvalue weighted by Gasteiger charge is 2.18. The summed E-state index contributed by atoms with van der Waals surface area (Å²) in [4.78, 5) is 48.6. The molecule has 0 aliphatic carbocycles. The molecule has 6 rings (SSSR count). The summed E-state index contributed by atoms with van der Waals surface area (Å²) in [5, 5.41) is 20.1. The summed E-state index contributed by atoms with van der Waals surface area (Å²) in [7, 11) is 11.5. The summed E-state index contributed by atoms with van der Waals surface area (Å²) in [6, 6.07) is 27.9. The summed E-state index contributed by atoms with van der Waals surface area (Å²) in [5.74, 6) is -0.417. The number of rotatable bonds is 16. The largest absolute Gasteiger partial charge is 0.378 e. The second-order valence-corrected chi connectivity index (χ2v) is 15.3. The first-order valence-corrected chi connectivity index (χ1v) is 20.2. The van der Waals surface area contributed by atoms with Crippen LogP contribution in [-0.2, 0) is 17.9 Å². The number of benzene rings is 3. The number of hydrogen-bond acceptors (Lipinski definition) is 8. The van der Waals surface area contributed by atoms with Crippen LogP contribution < -0.4 is 21.0 Å². The van der Waals surface area contributed by atoms with Crippen LogP contribution in [0.15, 0.2) is 97.3 Å². The van der Waals surface area contributed by atoms with E-state index in [2.05, 4.69) is 89.1 Å². The summed E-state index contributed by atoms with van der Waals surface area (Å²) in [5.41, 5.74) is 12.3. The standard InChI is InChI=1S/C30H33N7O.C16H25N3O3/c1-6-37-19-26(28(34-37)21-10-12-23(13-11-21)32-30(38)36(4)5)24-14-15-31-29-25(24)17-27(33-29)22-9-7-8-20(16-22)18-35(2)3;1-19(2)14-10-8-13(9-11-14)16(21)17-12-6-4-3-5-7-15(20)18-22/h7-17,19H,6,18H2,1-5H3,(H,31,33)(H,32,38);8-11,22H,3-7,12H2,1-2H3,(H,17,21)(H,18,20). The monoisotopic (exact) mass is 814 g/mol. The lowest BCUT2D eigenvalue weighted by molar-refractivity contribution is -0.129. The van der Waals surface area contributed by atoms with E-state index in [1.165, 1.54) is 10.5 Å². The van der Waals surface area contributed by atoms with Crippen LogP contribution in [0.5, 0.6) is 0 Å². The number of carbonyl (C=O) groups is 3. The molecule has 5 N–H and O–H groups in total. The Bertz CT molecular complexity index is 2330. The van der Waals surface area contributed by atoms with Crippen LogP contribution >= 0.6 is 0 Å². The van der Waals surface area contributed by atoms with Crippen molar-refractivity contribution >= 4 is 40.3 Å². The molecule has 0 unspecified atom stereocenters. The van der Waals surface area contributed by atoms with Gasteiger partial charge in [-0.15, -0.1) is 0 Å². The van der Waals surface area contributed by atoms with Gasteiger partial charge in [-0.1, -0.05) is 43.2 Å². The minimum Gasteiger partial charge on any atom is -0.378 e. The van der Waals surface area contributed by atoms with Gasteiger partial charge in [0.2, 0.25) is 5.91 Å². The summed E-state index contributed by atoms with van der Waals surface area (Å²) < 4.78 is 1.96. The highest BCUT2D eigenvalue weighted by molar-refractivity contribution is 5.99. The van der Waals surface area contributed by atoms with Crippen LogP contribution in [0.4, 0.5) is 16.2 Å². The Balaban J connectivity index is 0.000000265. The van der Waals surface area contributed by atoms with E-state index >= 15 is 0 Å². The summed E-state index contributed by atoms with van der Waals surface area (Å²) >= 11 is 0. The second kappa shape index (κ2) is 21.5. The molecule has 3 aromatic heterocycles. The fourth-order valence-electron chi connectivity index (χ4n) is 6.59. The number of aromatic amines is 1. The van der Waals surface area contributed by atoms with Gasteiger partial charge in [0, 0.05) is 106 Å². The van der Waals surface area contributed by atoms with Gasteiger partial charge in [0.15, 0.2) is 0 Å². The number of anilines is 2. The Hall–Kier alpha value is -6.51. The van der Waals surface area contributed by atoms with Crippen molar-refractivity contribution < 1.29 is 19.6 Å². The molecule has 0 fully saturated rings. The molecular weight excluding hydrogens is 757 g/mol. The zero-order valence-corrected chi connectivity index (χ0v) is 35.7. The minimum absolute atomic E-state index is 0.0648. The molecule has 4 amide bonds. The fourth-order valence-corrected chi connectivity index (χ4v) is 6.59. The van der Waals surface area contributed by atoms with Gasteiger partial charge in [0.1, 0.15) is 11.3 Å². The molecule has 3 heterocycles. The Labute approximate surface area is 352 Å². The van der Waals surface area contributed by atoms with Gasteiger partial charge in [-0.3, -0.25) is 19.5 Å². The number of unbranched alkanes of at least 4 members (excludes halogenated alkanes) is 3. The van der Waals surface area contributed by atoms with Crippen LogP contribution in [-0.4, -0.2) is 101 Å². The van der Waals surface area contributed by atoms with E-state index in [4.69, 9.17) is 10.3 Å². The molecule has 0 aliphatic rings. The molecule has 0 atom stereocenters. The molecule has 3 aromatic carbocycles. The van der Waals surface area contributed by atoms with Crippen molar-refractivity contribution in [1.82, 2.24) is 40.3 Å². The molecule has 0 bridgehead atoms. The first-order valence-electron chi connectivity index (χ1n) is 20.2. The molecule has 316 valence electrons. The average Bonchev–Trinajstić information content (AvgIpc) is 3.89. The van der Waals surface area contributed by atoms with E-state index in [0.717, 1.165) is 94.8 Å². The van der Waals surface area contributed by atoms with Gasteiger partial charge >= 0.3 is 6.03 Å². The van der Waals surface area contributed by atoms with Gasteiger partial charge in [-0.2, -0.15) is 5.10 Å². The first kappa shape index (κ1) is 44.6. The van der Waals surface area contributed by atoms with Crippen molar-refractivity contribution in [2.75, 3.05) is 59.0 Å². The van der Waals surface area contributed by atoms with Gasteiger partial charge < -0.3 is 30.3 Å². The van der Waals surface area contributed by atoms with E-state index in [-0.39, 0.29) is 17.8 Å². The Kier molecular flexibility index (Phi) is 16.0. The van der Waals surface area contributed by atoms with Crippen molar-refractivity contribution in [3.05, 3.63) is 108 Å². The van der Waals surface area contributed by atoms with Crippen molar-refractivity contribution in [3.63, 3.8) is 0 Å². The maximum absolute atomic E-state index is 12.0. The van der Waals surface area contributed by atoms with E-state index in [1.54, 1.807) is 19.6 Å². The topological polar surface area (TPSA) is 164 Å². The quantitative estimate of drug-likeness (QED) is 0.0375. The van der Waals surface area contributed by atoms with Gasteiger partial charge in [-0.25, -0.2) is 15.3 Å². The van der Waals surface area contributed by atoms with Crippen LogP contribution in [0, 0.1) is 0 Å². The number of amides is 4. The van der Waals surface area contributed by atoms with Crippen molar-refractivity contribution in [2.24, 2.45) is 0 Å². The predicted octanol–water partition coefficient (Wildman–Crippen LogP) is 7.87. The number of H-pyrrole nitrogens is 1. The highest BCUT2D eigenvalue weighted by atomic mass is 16.5. The first-order chi connectivity index (χ1) is 28.9. The normalized spacial score (nSPS) is 10.9. The summed E-state index contributed by atoms with van der Waals surface area (Å²) in [6.07, 6.45) is 7.73. The van der Waals surface area contributed by atoms with Crippen LogP contribution in [0.1, 0.15) is 54.9 Å². The lowest BCUT2D eigenvalue weighted by Crippen LogP contribution is -2.27. The van der Waals surface area contributed by atoms with Crippen molar-refractivity contribution in [3.8, 4) is 33.6 Å². The Morgan fingerprint density at radius 1 is 0.817 bits per heavy atom. The SMILES string of the molecule is CCn1cc(-c2ccnc3[nH]c(-c4cccc(CN(C)C)c4)cc23)c(-c2ccc(NC(=O)N(C)C)cc2)n1.CN(C)c1ccc(C(=O)NCCCCCCC(=O)NO)cc1. The number of urea groups is 1. The van der Waals surface area contributed by atoms with E-state index < -0.39 is 0 Å². The zero-order chi connectivity index (χ0) is 43.2. The average molecular weight is 815 g/mol. The highest BCUT2D eigenvalue weighted by Crippen LogP contribution is 2.37. The van der Waals surface area contributed by atoms with Crippen LogP contribution in [0.2, 0.25) is 0 Å². The van der Waals surface area contributed by atoms with E-state index in [1.807, 2.05) is 78.4 Å². The molecule has 0 saturated carbocycles. The Morgan fingerprint density at radius 2 is 1.55 bits per heavy atom. The number of aromatic nitrogens is 4. The van der Waals surface area contributed by atoms with Gasteiger partial charge in [-0.05, 0) is 105 Å². The lowest BCUT2D eigenvalue weighted by atomic mass is 9.99. The predicted molar refractivity (Wildman–Crippen MR) is 240 cm³/mol. The lowest BCUT2D eigenvalue weighted by Gasteiger charge is -2.12. The number of nitrogens with one attached hydrogen (secondary N) is 4. The Morgan fingerprint density at radius 3 is 2.22 bits per heavy atom. The summed E-state index contributed by atoms with van der Waals surface area (Å²) in [6.45, 7) is 4.35. The molecule has 0 spiro atoms. The molecule has 0 aliphatic heterocycles. The second-order valence-electron chi connectivity index (χ2n) is 15.3. The fraction of sp³-hybridized carbons (Fsp3) is 0.326. The number of fused-ring (bicyclic) bond motifs is 1. The number of hydrogen-bond donors (Lipinski definition) is 5. The molecule has 14 heteroatoms. The third-order valence-electron chi connectivity index (χ3n) is 9.85. The molecule has 14 nitrogen and oxygen atoms in total. The van der Waals surface area contributed by atoms with E-state index in [9.17, 15) is 14.4 Å². The van der Waals surface area contributed by atoms with Gasteiger partial charge in [0.25, 0.3) is 5.91 Å². The number of aryl methyl sites for hydroxylation is 1. The third kappa shape index (κ3) is 12.3. The maximum atomic E-state index is 12.0. The third-order valence-corrected chi connectivity index (χ3v) is 9.85. The number of pyridine rings is 1. The maximum Gasteiger partial charge on any atom is 0.321 e. The smallest absolute Gasteiger partial charge is 0.321 e. The molecule has 6 aromatic rings. The molecule has 60 heavy (non-hydrogen) atoms. The number of nitrogens with zero attached hydrogens (tertiary/aromatic N) is 6. The molecule has 0 saturated heterocycles.